The van der Waals surface area contributed by atoms with Gasteiger partial charge in [0.25, 0.3) is 0 Å². The molecule has 0 aliphatic carbocycles. The van der Waals surface area contributed by atoms with E-state index in [2.05, 4.69) is 4.98 Å². The molecule has 138 valence electrons. The first-order chi connectivity index (χ1) is 13.6. The van der Waals surface area contributed by atoms with Crippen molar-refractivity contribution >= 4 is 22.9 Å². The molecule has 5 heteroatoms. The molecule has 0 saturated heterocycles. The zero-order valence-corrected chi connectivity index (χ0v) is 14.8. The number of rotatable bonds is 5. The summed E-state index contributed by atoms with van der Waals surface area (Å²) in [5.74, 6) is -0.603. The third kappa shape index (κ3) is 3.74. The normalized spacial score (nSPS) is 11.4. The lowest BCUT2D eigenvalue weighted by molar-refractivity contribution is 0.103. The molecule has 0 aliphatic heterocycles. The van der Waals surface area contributed by atoms with Gasteiger partial charge in [0, 0.05) is 6.54 Å². The van der Waals surface area contributed by atoms with Gasteiger partial charge >= 0.3 is 0 Å². The summed E-state index contributed by atoms with van der Waals surface area (Å²) >= 11 is 0. The molecule has 0 atom stereocenters. The summed E-state index contributed by atoms with van der Waals surface area (Å²) in [6.07, 6.45) is 3.05. The predicted octanol–water partition coefficient (Wildman–Crippen LogP) is 5.26. The van der Waals surface area contributed by atoms with Crippen LogP contribution in [0.1, 0.15) is 21.7 Å². The predicted molar refractivity (Wildman–Crippen MR) is 105 cm³/mol. The molecular formula is C23H16F2N2O. The number of fused-ring (bicyclic) bond motifs is 1. The number of imidazole rings is 1. The van der Waals surface area contributed by atoms with E-state index in [4.69, 9.17) is 0 Å². The summed E-state index contributed by atoms with van der Waals surface area (Å²) < 4.78 is 28.1. The molecule has 28 heavy (non-hydrogen) atoms. The Balaban J connectivity index is 1.70. The first-order valence-corrected chi connectivity index (χ1v) is 8.78. The molecule has 4 rings (SSSR count). The molecule has 1 heterocycles. The molecule has 0 aliphatic rings. The highest BCUT2D eigenvalue weighted by atomic mass is 19.1. The highest BCUT2D eigenvalue weighted by Crippen LogP contribution is 2.19. The van der Waals surface area contributed by atoms with Crippen LogP contribution < -0.4 is 0 Å². The van der Waals surface area contributed by atoms with Crippen LogP contribution in [0.2, 0.25) is 0 Å². The minimum atomic E-state index is -0.329. The van der Waals surface area contributed by atoms with E-state index in [9.17, 15) is 13.6 Å². The number of benzene rings is 3. The van der Waals surface area contributed by atoms with E-state index >= 15 is 0 Å². The lowest BCUT2D eigenvalue weighted by Gasteiger charge is -2.08. The number of nitrogens with zero attached hydrogens (tertiary/aromatic N) is 2. The first-order valence-electron chi connectivity index (χ1n) is 8.78. The van der Waals surface area contributed by atoms with Crippen molar-refractivity contribution in [3.05, 3.63) is 107 Å². The van der Waals surface area contributed by atoms with Gasteiger partial charge in [-0.1, -0.05) is 42.5 Å². The average molecular weight is 374 g/mol. The van der Waals surface area contributed by atoms with Crippen molar-refractivity contribution in [1.82, 2.24) is 9.55 Å². The summed E-state index contributed by atoms with van der Waals surface area (Å²) in [7, 11) is 0. The van der Waals surface area contributed by atoms with Gasteiger partial charge in [-0.2, -0.15) is 0 Å². The summed E-state index contributed by atoms with van der Waals surface area (Å²) in [5.41, 5.74) is 3.12. The number of carbonyl (C=O) groups excluding carboxylic acids is 1. The lowest BCUT2D eigenvalue weighted by atomic mass is 10.2. The van der Waals surface area contributed by atoms with Crippen LogP contribution in [-0.4, -0.2) is 15.3 Å². The van der Waals surface area contributed by atoms with Gasteiger partial charge in [-0.05, 0) is 53.6 Å². The van der Waals surface area contributed by atoms with Crippen LogP contribution in [-0.2, 0) is 6.54 Å². The molecule has 4 aromatic rings. The molecule has 0 bridgehead atoms. The van der Waals surface area contributed by atoms with Crippen molar-refractivity contribution in [1.29, 1.82) is 0 Å². The molecular weight excluding hydrogens is 358 g/mol. The zero-order valence-electron chi connectivity index (χ0n) is 14.8. The smallest absolute Gasteiger partial charge is 0.221 e. The molecule has 3 nitrogen and oxygen atoms in total. The zero-order chi connectivity index (χ0) is 19.5. The van der Waals surface area contributed by atoms with Crippen LogP contribution >= 0.6 is 0 Å². The number of halogens is 2. The van der Waals surface area contributed by atoms with Crippen molar-refractivity contribution < 1.29 is 13.6 Å². The number of hydrogen-bond donors (Lipinski definition) is 0. The Kier molecular flexibility index (Phi) is 4.81. The van der Waals surface area contributed by atoms with Crippen LogP contribution in [0.25, 0.3) is 17.1 Å². The molecule has 1 aromatic heterocycles. The van der Waals surface area contributed by atoms with Crippen molar-refractivity contribution in [2.24, 2.45) is 0 Å². The second-order valence-electron chi connectivity index (χ2n) is 6.39. The first kappa shape index (κ1) is 17.8. The van der Waals surface area contributed by atoms with Gasteiger partial charge in [-0.15, -0.1) is 0 Å². The van der Waals surface area contributed by atoms with Crippen LogP contribution in [0.15, 0.2) is 78.9 Å². The molecule has 0 spiro atoms. The fourth-order valence-corrected chi connectivity index (χ4v) is 3.02. The minimum absolute atomic E-state index is 0.261. The fraction of sp³-hybridized carbons (Fsp3) is 0.0435. The maximum Gasteiger partial charge on any atom is 0.221 e. The van der Waals surface area contributed by atoms with Crippen LogP contribution in [0.5, 0.6) is 0 Å². The fourth-order valence-electron chi connectivity index (χ4n) is 3.02. The van der Waals surface area contributed by atoms with Crippen molar-refractivity contribution in [3.63, 3.8) is 0 Å². The Hall–Kier alpha value is -3.60. The van der Waals surface area contributed by atoms with Gasteiger partial charge in [0.15, 0.2) is 5.82 Å². The molecule has 3 aromatic carbocycles. The highest BCUT2D eigenvalue weighted by Gasteiger charge is 2.16. The average Bonchev–Trinajstić information content (AvgIpc) is 3.08. The van der Waals surface area contributed by atoms with Gasteiger partial charge in [-0.3, -0.25) is 4.79 Å². The number of allylic oxidation sites excluding steroid dienone is 1. The summed E-state index contributed by atoms with van der Waals surface area (Å²) in [6, 6.07) is 19.5. The lowest BCUT2D eigenvalue weighted by Crippen LogP contribution is -2.09. The summed E-state index contributed by atoms with van der Waals surface area (Å²) in [6.45, 7) is 0.395. The molecule has 0 saturated carbocycles. The number of hydrogen-bond acceptors (Lipinski definition) is 2. The monoisotopic (exact) mass is 374 g/mol. The van der Waals surface area contributed by atoms with Crippen LogP contribution in [0.3, 0.4) is 0 Å². The third-order valence-electron chi connectivity index (χ3n) is 4.43. The molecule has 0 fully saturated rings. The van der Waals surface area contributed by atoms with E-state index in [1.54, 1.807) is 30.3 Å². The maximum absolute atomic E-state index is 13.2. The maximum atomic E-state index is 13.2. The van der Waals surface area contributed by atoms with Crippen molar-refractivity contribution in [2.75, 3.05) is 0 Å². The Morgan fingerprint density at radius 2 is 1.54 bits per heavy atom. The summed E-state index contributed by atoms with van der Waals surface area (Å²) in [4.78, 5) is 17.3. The highest BCUT2D eigenvalue weighted by molar-refractivity contribution is 6.06. The van der Waals surface area contributed by atoms with Crippen LogP contribution in [0, 0.1) is 11.6 Å². The van der Waals surface area contributed by atoms with E-state index in [1.807, 2.05) is 28.8 Å². The molecule has 0 N–H and O–H groups in total. The Labute approximate surface area is 160 Å². The van der Waals surface area contributed by atoms with Crippen molar-refractivity contribution in [3.8, 4) is 0 Å². The van der Waals surface area contributed by atoms with Gasteiger partial charge < -0.3 is 4.57 Å². The van der Waals surface area contributed by atoms with E-state index in [-0.39, 0.29) is 17.4 Å². The second-order valence-corrected chi connectivity index (χ2v) is 6.39. The van der Waals surface area contributed by atoms with Gasteiger partial charge in [0.2, 0.25) is 5.78 Å². The number of ketones is 1. The van der Waals surface area contributed by atoms with E-state index in [1.165, 1.54) is 30.3 Å². The number of para-hydroxylation sites is 2. The molecule has 0 unspecified atom stereocenters. The SMILES string of the molecule is O=C(/C=C/c1ccc(F)cc1)c1nc2ccccc2n1Cc1ccc(F)cc1. The standard InChI is InChI=1S/C23H16F2N2O/c24-18-10-5-16(6-11-18)9-14-22(28)23-26-20-3-1-2-4-21(20)27(23)15-17-7-12-19(25)13-8-17/h1-14H,15H2/b14-9+. The summed E-state index contributed by atoms with van der Waals surface area (Å²) in [5, 5.41) is 0. The Bertz CT molecular complexity index is 1160. The molecule has 0 amide bonds. The second kappa shape index (κ2) is 7.56. The van der Waals surface area contributed by atoms with E-state index in [0.29, 0.717) is 17.9 Å². The topological polar surface area (TPSA) is 34.9 Å². The van der Waals surface area contributed by atoms with Gasteiger partial charge in [0.1, 0.15) is 11.6 Å². The van der Waals surface area contributed by atoms with Gasteiger partial charge in [-0.25, -0.2) is 13.8 Å². The number of aromatic nitrogens is 2. The Morgan fingerprint density at radius 1 is 0.893 bits per heavy atom. The van der Waals surface area contributed by atoms with E-state index < -0.39 is 0 Å². The van der Waals surface area contributed by atoms with Crippen molar-refractivity contribution in [2.45, 2.75) is 6.54 Å². The third-order valence-corrected chi connectivity index (χ3v) is 4.43. The largest absolute Gasteiger partial charge is 0.317 e. The number of carbonyl (C=O) groups is 1. The van der Waals surface area contributed by atoms with E-state index in [0.717, 1.165) is 16.6 Å². The molecule has 0 radical (unpaired) electrons. The Morgan fingerprint density at radius 3 is 2.25 bits per heavy atom. The minimum Gasteiger partial charge on any atom is -0.317 e. The quantitative estimate of drug-likeness (QED) is 0.353. The van der Waals surface area contributed by atoms with Crippen LogP contribution in [0.4, 0.5) is 8.78 Å². The van der Waals surface area contributed by atoms with Gasteiger partial charge in [0.05, 0.1) is 11.0 Å².